The summed E-state index contributed by atoms with van der Waals surface area (Å²) in [6, 6.07) is 6.13. The number of carbonyl (C=O) groups excluding carboxylic acids is 2. The molecule has 1 aliphatic rings. The summed E-state index contributed by atoms with van der Waals surface area (Å²) in [6.45, 7) is 6.03. The molecule has 1 aromatic heterocycles. The molecule has 1 saturated heterocycles. The van der Waals surface area contributed by atoms with Gasteiger partial charge in [-0.3, -0.25) is 9.59 Å². The van der Waals surface area contributed by atoms with Gasteiger partial charge in [-0.25, -0.2) is 8.42 Å². The zero-order valence-corrected chi connectivity index (χ0v) is 16.4. The Morgan fingerprint density at radius 1 is 1.07 bits per heavy atom. The number of H-pyrrole nitrogens is 1. The van der Waals surface area contributed by atoms with Crippen LogP contribution in [0.2, 0.25) is 0 Å². The van der Waals surface area contributed by atoms with Crippen LogP contribution in [0.1, 0.15) is 51.9 Å². The molecule has 2 N–H and O–H groups in total. The maximum atomic E-state index is 12.5. The minimum Gasteiger partial charge on any atom is -0.354 e. The van der Waals surface area contributed by atoms with Crippen LogP contribution in [0.4, 0.5) is 5.69 Å². The van der Waals surface area contributed by atoms with Gasteiger partial charge in [0.1, 0.15) is 5.69 Å². The van der Waals surface area contributed by atoms with Crippen molar-refractivity contribution in [1.82, 2.24) is 9.29 Å². The van der Waals surface area contributed by atoms with Crippen molar-refractivity contribution in [2.75, 3.05) is 18.4 Å². The van der Waals surface area contributed by atoms with Crippen molar-refractivity contribution in [2.24, 2.45) is 0 Å². The highest BCUT2D eigenvalue weighted by Gasteiger charge is 2.27. The molecule has 8 heteroatoms. The standard InChI is InChI=1S/C19H23N3O4S/c1-12-17(14(3)23)13(2)20-18(12)19(24)21-15-6-8-16(9-7-15)27(25,26)22-10-4-5-11-22/h6-9,20H,4-5,10-11H2,1-3H3,(H,21,24). The van der Waals surface area contributed by atoms with Crippen LogP contribution >= 0.6 is 0 Å². The molecule has 0 atom stereocenters. The highest BCUT2D eigenvalue weighted by molar-refractivity contribution is 7.89. The molecule has 0 radical (unpaired) electrons. The number of aryl methyl sites for hydroxylation is 1. The molecule has 0 bridgehead atoms. The number of carbonyl (C=O) groups is 2. The lowest BCUT2D eigenvalue weighted by Crippen LogP contribution is -2.27. The number of aromatic nitrogens is 1. The summed E-state index contributed by atoms with van der Waals surface area (Å²) in [5.41, 5.74) is 2.58. The minimum absolute atomic E-state index is 0.100. The molecule has 2 heterocycles. The van der Waals surface area contributed by atoms with Crippen LogP contribution in [-0.4, -0.2) is 42.5 Å². The first-order chi connectivity index (χ1) is 12.7. The van der Waals surface area contributed by atoms with Crippen LogP contribution in [0.5, 0.6) is 0 Å². The Balaban J connectivity index is 1.78. The number of amides is 1. The number of sulfonamides is 1. The number of nitrogens with one attached hydrogen (secondary N) is 2. The molecule has 0 unspecified atom stereocenters. The summed E-state index contributed by atoms with van der Waals surface area (Å²) in [6.07, 6.45) is 1.76. The summed E-state index contributed by atoms with van der Waals surface area (Å²) in [5.74, 6) is -0.477. The zero-order chi connectivity index (χ0) is 19.8. The van der Waals surface area contributed by atoms with E-state index in [1.54, 1.807) is 26.0 Å². The second kappa shape index (κ2) is 7.28. The Hall–Kier alpha value is -2.45. The van der Waals surface area contributed by atoms with Crippen molar-refractivity contribution in [3.8, 4) is 0 Å². The highest BCUT2D eigenvalue weighted by Crippen LogP contribution is 2.23. The number of anilines is 1. The van der Waals surface area contributed by atoms with Crippen molar-refractivity contribution in [3.63, 3.8) is 0 Å². The number of aromatic amines is 1. The predicted molar refractivity (Wildman–Crippen MR) is 103 cm³/mol. The number of hydrogen-bond donors (Lipinski definition) is 2. The second-order valence-corrected chi connectivity index (χ2v) is 8.71. The minimum atomic E-state index is -3.48. The van der Waals surface area contributed by atoms with Crippen molar-refractivity contribution in [1.29, 1.82) is 0 Å². The van der Waals surface area contributed by atoms with Crippen molar-refractivity contribution >= 4 is 27.4 Å². The first-order valence-electron chi connectivity index (χ1n) is 8.83. The third-order valence-electron chi connectivity index (χ3n) is 4.83. The summed E-state index contributed by atoms with van der Waals surface area (Å²) in [4.78, 5) is 27.4. The van der Waals surface area contributed by atoms with Crippen molar-refractivity contribution in [3.05, 3.63) is 46.8 Å². The van der Waals surface area contributed by atoms with Gasteiger partial charge in [-0.2, -0.15) is 4.31 Å². The van der Waals surface area contributed by atoms with Crippen molar-refractivity contribution in [2.45, 2.75) is 38.5 Å². The maximum Gasteiger partial charge on any atom is 0.272 e. The second-order valence-electron chi connectivity index (χ2n) is 6.77. The topological polar surface area (TPSA) is 99.3 Å². The van der Waals surface area contributed by atoms with Gasteiger partial charge in [0.2, 0.25) is 10.0 Å². The van der Waals surface area contributed by atoms with Gasteiger partial charge in [0.05, 0.1) is 4.90 Å². The molecule has 1 aliphatic heterocycles. The third-order valence-corrected chi connectivity index (χ3v) is 6.74. The molecule has 2 aromatic rings. The molecule has 7 nitrogen and oxygen atoms in total. The Labute approximate surface area is 158 Å². The molecule has 0 saturated carbocycles. The van der Waals surface area contributed by atoms with E-state index in [0.717, 1.165) is 12.8 Å². The van der Waals surface area contributed by atoms with E-state index < -0.39 is 10.0 Å². The van der Waals surface area contributed by atoms with Gasteiger partial charge in [-0.05, 0) is 63.4 Å². The van der Waals surface area contributed by atoms with E-state index in [4.69, 9.17) is 0 Å². The lowest BCUT2D eigenvalue weighted by Gasteiger charge is -2.15. The highest BCUT2D eigenvalue weighted by atomic mass is 32.2. The predicted octanol–water partition coefficient (Wildman–Crippen LogP) is 2.87. The lowest BCUT2D eigenvalue weighted by atomic mass is 10.1. The average molecular weight is 389 g/mol. The number of benzene rings is 1. The van der Waals surface area contributed by atoms with Gasteiger partial charge in [0, 0.05) is 30.0 Å². The van der Waals surface area contributed by atoms with E-state index in [0.29, 0.717) is 41.3 Å². The normalized spacial score (nSPS) is 15.1. The van der Waals surface area contributed by atoms with Crippen molar-refractivity contribution < 1.29 is 18.0 Å². The summed E-state index contributed by atoms with van der Waals surface area (Å²) < 4.78 is 26.6. The Kier molecular flexibility index (Phi) is 5.21. The van der Waals surface area contributed by atoms with E-state index in [2.05, 4.69) is 10.3 Å². The van der Waals surface area contributed by atoms with Crippen LogP contribution in [0, 0.1) is 13.8 Å². The Bertz CT molecular complexity index is 985. The van der Waals surface area contributed by atoms with Crippen LogP contribution in [0.15, 0.2) is 29.2 Å². The molecule has 3 rings (SSSR count). The van der Waals surface area contributed by atoms with E-state index in [1.165, 1.54) is 23.4 Å². The number of hydrogen-bond acceptors (Lipinski definition) is 4. The summed E-state index contributed by atoms with van der Waals surface area (Å²) in [7, 11) is -3.48. The fourth-order valence-electron chi connectivity index (χ4n) is 3.49. The molecule has 0 aliphatic carbocycles. The van der Waals surface area contributed by atoms with E-state index >= 15 is 0 Å². The van der Waals surface area contributed by atoms with E-state index in [1.807, 2.05) is 0 Å². The van der Waals surface area contributed by atoms with Gasteiger partial charge in [-0.15, -0.1) is 0 Å². The molecular weight excluding hydrogens is 366 g/mol. The average Bonchev–Trinajstić information content (AvgIpc) is 3.24. The Morgan fingerprint density at radius 2 is 1.67 bits per heavy atom. The van der Waals surface area contributed by atoms with Crippen LogP contribution in [-0.2, 0) is 10.0 Å². The number of ketones is 1. The van der Waals surface area contributed by atoms with Gasteiger partial charge >= 0.3 is 0 Å². The van der Waals surface area contributed by atoms with E-state index in [-0.39, 0.29) is 16.6 Å². The van der Waals surface area contributed by atoms with Gasteiger partial charge in [0.25, 0.3) is 5.91 Å². The maximum absolute atomic E-state index is 12.5. The number of nitrogens with zero attached hydrogens (tertiary/aromatic N) is 1. The zero-order valence-electron chi connectivity index (χ0n) is 15.6. The fraction of sp³-hybridized carbons (Fsp3) is 0.368. The summed E-state index contributed by atoms with van der Waals surface area (Å²) in [5, 5.41) is 2.74. The monoisotopic (exact) mass is 389 g/mol. The van der Waals surface area contributed by atoms with Crippen LogP contribution in [0.3, 0.4) is 0 Å². The molecular formula is C19H23N3O4S. The lowest BCUT2D eigenvalue weighted by molar-refractivity contribution is 0.101. The third kappa shape index (κ3) is 3.68. The fourth-order valence-corrected chi connectivity index (χ4v) is 5.00. The smallest absolute Gasteiger partial charge is 0.272 e. The van der Waals surface area contributed by atoms with Crippen LogP contribution in [0.25, 0.3) is 0 Å². The molecule has 0 spiro atoms. The first-order valence-corrected chi connectivity index (χ1v) is 10.3. The SMILES string of the molecule is CC(=O)c1c(C)[nH]c(C(=O)Nc2ccc(S(=O)(=O)N3CCCC3)cc2)c1C. The van der Waals surface area contributed by atoms with Gasteiger partial charge in [-0.1, -0.05) is 0 Å². The van der Waals surface area contributed by atoms with Gasteiger partial charge < -0.3 is 10.3 Å². The van der Waals surface area contributed by atoms with Gasteiger partial charge in [0.15, 0.2) is 5.78 Å². The summed E-state index contributed by atoms with van der Waals surface area (Å²) >= 11 is 0. The molecule has 27 heavy (non-hydrogen) atoms. The Morgan fingerprint density at radius 3 is 2.19 bits per heavy atom. The largest absolute Gasteiger partial charge is 0.354 e. The quantitative estimate of drug-likeness (QED) is 0.768. The molecule has 144 valence electrons. The molecule has 1 amide bonds. The van der Waals surface area contributed by atoms with Crippen LogP contribution < -0.4 is 5.32 Å². The number of Topliss-reactive ketones (excluding diaryl/α,β-unsaturated/α-hetero) is 1. The molecule has 1 fully saturated rings. The van der Waals surface area contributed by atoms with E-state index in [9.17, 15) is 18.0 Å². The molecule has 1 aromatic carbocycles. The number of rotatable bonds is 5. The first kappa shape index (κ1) is 19.3.